The normalized spacial score (nSPS) is 25.3. The molecule has 0 radical (unpaired) electrons. The van der Waals surface area contributed by atoms with Crippen molar-refractivity contribution in [3.05, 3.63) is 23.8 Å². The van der Waals surface area contributed by atoms with Gasteiger partial charge in [0.2, 0.25) is 0 Å². The van der Waals surface area contributed by atoms with E-state index >= 15 is 0 Å². The Balaban J connectivity index is 2.38. The van der Waals surface area contributed by atoms with Crippen LogP contribution in [0.2, 0.25) is 0 Å². The molecule has 0 aromatic heterocycles. The molecule has 0 aliphatic carbocycles. The fourth-order valence-electron chi connectivity index (χ4n) is 2.77. The van der Waals surface area contributed by atoms with Gasteiger partial charge in [0.1, 0.15) is 5.75 Å². The Labute approximate surface area is 110 Å². The minimum atomic E-state index is -0.0117. The van der Waals surface area contributed by atoms with E-state index in [1.165, 1.54) is 5.69 Å². The molecule has 1 aliphatic heterocycles. The van der Waals surface area contributed by atoms with E-state index in [2.05, 4.69) is 24.8 Å². The Bertz CT molecular complexity index is 407. The van der Waals surface area contributed by atoms with Crippen molar-refractivity contribution in [2.45, 2.75) is 26.8 Å². The van der Waals surface area contributed by atoms with Crippen LogP contribution in [0.3, 0.4) is 0 Å². The number of ether oxygens (including phenoxy) is 1. The lowest BCUT2D eigenvalue weighted by Crippen LogP contribution is -2.23. The van der Waals surface area contributed by atoms with Gasteiger partial charge in [0.05, 0.1) is 7.11 Å². The lowest BCUT2D eigenvalue weighted by atomic mass is 10.0. The third kappa shape index (κ3) is 2.32. The Hall–Kier alpha value is -1.22. The van der Waals surface area contributed by atoms with Gasteiger partial charge >= 0.3 is 0 Å². The van der Waals surface area contributed by atoms with Crippen LogP contribution in [0.15, 0.2) is 18.2 Å². The zero-order chi connectivity index (χ0) is 13.3. The van der Waals surface area contributed by atoms with E-state index in [0.29, 0.717) is 0 Å². The molecule has 1 aromatic carbocycles. The van der Waals surface area contributed by atoms with Crippen LogP contribution >= 0.6 is 0 Å². The minimum absolute atomic E-state index is 0.0117. The summed E-state index contributed by atoms with van der Waals surface area (Å²) in [5, 5.41) is 0. The average Bonchev–Trinajstić information content (AvgIpc) is 2.68. The van der Waals surface area contributed by atoms with Crippen molar-refractivity contribution < 1.29 is 4.74 Å². The van der Waals surface area contributed by atoms with Gasteiger partial charge in [-0.3, -0.25) is 0 Å². The standard InChI is InChI=1S/C15H24N2O/c1-10-8-17(9-11(10)2)13-6-5-7-14(18-4)15(13)12(3)16/h5-7,10-12H,8-9,16H2,1-4H3/t10?,11?,12-/m1/s1. The lowest BCUT2D eigenvalue weighted by molar-refractivity contribution is 0.407. The summed E-state index contributed by atoms with van der Waals surface area (Å²) in [7, 11) is 1.71. The summed E-state index contributed by atoms with van der Waals surface area (Å²) in [5.74, 6) is 2.36. The first-order valence-corrected chi connectivity index (χ1v) is 6.72. The van der Waals surface area contributed by atoms with Crippen molar-refractivity contribution in [2.24, 2.45) is 17.6 Å². The maximum Gasteiger partial charge on any atom is 0.125 e. The molecule has 100 valence electrons. The molecule has 1 fully saturated rings. The smallest absolute Gasteiger partial charge is 0.125 e. The number of benzene rings is 1. The number of nitrogens with two attached hydrogens (primary N) is 1. The Morgan fingerprint density at radius 3 is 2.39 bits per heavy atom. The molecular formula is C15H24N2O. The molecule has 0 spiro atoms. The van der Waals surface area contributed by atoms with E-state index in [-0.39, 0.29) is 6.04 Å². The molecule has 18 heavy (non-hydrogen) atoms. The highest BCUT2D eigenvalue weighted by Crippen LogP contribution is 2.37. The highest BCUT2D eigenvalue weighted by atomic mass is 16.5. The maximum atomic E-state index is 6.12. The first-order valence-electron chi connectivity index (χ1n) is 6.72. The highest BCUT2D eigenvalue weighted by Gasteiger charge is 2.28. The van der Waals surface area contributed by atoms with E-state index < -0.39 is 0 Å². The minimum Gasteiger partial charge on any atom is -0.496 e. The van der Waals surface area contributed by atoms with Gasteiger partial charge in [-0.1, -0.05) is 19.9 Å². The molecule has 2 unspecified atom stereocenters. The van der Waals surface area contributed by atoms with Crippen LogP contribution in [0.4, 0.5) is 5.69 Å². The molecule has 1 heterocycles. The second-order valence-corrected chi connectivity index (χ2v) is 5.54. The monoisotopic (exact) mass is 248 g/mol. The molecule has 3 atom stereocenters. The van der Waals surface area contributed by atoms with Crippen LogP contribution in [-0.4, -0.2) is 20.2 Å². The van der Waals surface area contributed by atoms with Gasteiger partial charge in [0.25, 0.3) is 0 Å². The van der Waals surface area contributed by atoms with Gasteiger partial charge in [-0.25, -0.2) is 0 Å². The second-order valence-electron chi connectivity index (χ2n) is 5.54. The molecule has 0 bridgehead atoms. The molecular weight excluding hydrogens is 224 g/mol. The van der Waals surface area contributed by atoms with Crippen LogP contribution in [0.5, 0.6) is 5.75 Å². The molecule has 1 saturated heterocycles. The van der Waals surface area contributed by atoms with Gasteiger partial charge in [0, 0.05) is 30.4 Å². The van der Waals surface area contributed by atoms with E-state index in [4.69, 9.17) is 10.5 Å². The number of rotatable bonds is 3. The first-order chi connectivity index (χ1) is 8.54. The summed E-state index contributed by atoms with van der Waals surface area (Å²) >= 11 is 0. The number of methoxy groups -OCH3 is 1. The SMILES string of the molecule is COc1cccc(N2CC(C)C(C)C2)c1[C@@H](C)N. The number of hydrogen-bond donors (Lipinski definition) is 1. The van der Waals surface area contributed by atoms with Gasteiger partial charge in [-0.2, -0.15) is 0 Å². The number of nitrogens with zero attached hydrogens (tertiary/aromatic N) is 1. The fourth-order valence-corrected chi connectivity index (χ4v) is 2.77. The number of anilines is 1. The van der Waals surface area contributed by atoms with Gasteiger partial charge < -0.3 is 15.4 Å². The van der Waals surface area contributed by atoms with E-state index in [1.54, 1.807) is 7.11 Å². The summed E-state index contributed by atoms with van der Waals surface area (Å²) in [5.41, 5.74) is 8.48. The van der Waals surface area contributed by atoms with Crippen molar-refractivity contribution in [3.8, 4) is 5.75 Å². The summed E-state index contributed by atoms with van der Waals surface area (Å²) in [6, 6.07) is 6.19. The Morgan fingerprint density at radius 1 is 1.28 bits per heavy atom. The summed E-state index contributed by atoms with van der Waals surface area (Å²) in [6.07, 6.45) is 0. The lowest BCUT2D eigenvalue weighted by Gasteiger charge is -2.25. The topological polar surface area (TPSA) is 38.5 Å². The predicted octanol–water partition coefficient (Wildman–Crippen LogP) is 2.81. The quantitative estimate of drug-likeness (QED) is 0.894. The molecule has 3 heteroatoms. The molecule has 2 N–H and O–H groups in total. The zero-order valence-corrected chi connectivity index (χ0v) is 11.8. The third-order valence-corrected chi connectivity index (χ3v) is 4.05. The van der Waals surface area contributed by atoms with Crippen LogP contribution in [0.25, 0.3) is 0 Å². The molecule has 3 nitrogen and oxygen atoms in total. The van der Waals surface area contributed by atoms with Gasteiger partial charge in [0.15, 0.2) is 0 Å². The highest BCUT2D eigenvalue weighted by molar-refractivity contribution is 5.61. The van der Waals surface area contributed by atoms with Crippen molar-refractivity contribution in [1.29, 1.82) is 0 Å². The third-order valence-electron chi connectivity index (χ3n) is 4.05. The second kappa shape index (κ2) is 5.19. The Morgan fingerprint density at radius 2 is 1.89 bits per heavy atom. The van der Waals surface area contributed by atoms with Crippen LogP contribution in [0, 0.1) is 11.8 Å². The van der Waals surface area contributed by atoms with E-state index in [1.807, 2.05) is 19.1 Å². The van der Waals surface area contributed by atoms with Crippen molar-refractivity contribution in [3.63, 3.8) is 0 Å². The van der Waals surface area contributed by atoms with Crippen LogP contribution in [-0.2, 0) is 0 Å². The molecule has 0 saturated carbocycles. The van der Waals surface area contributed by atoms with Crippen molar-refractivity contribution in [2.75, 3.05) is 25.1 Å². The average molecular weight is 248 g/mol. The van der Waals surface area contributed by atoms with Crippen LogP contribution < -0.4 is 15.4 Å². The van der Waals surface area contributed by atoms with Gasteiger partial charge in [-0.15, -0.1) is 0 Å². The summed E-state index contributed by atoms with van der Waals surface area (Å²) in [6.45, 7) is 8.86. The zero-order valence-electron chi connectivity index (χ0n) is 11.8. The van der Waals surface area contributed by atoms with E-state index in [9.17, 15) is 0 Å². The molecule has 1 aliphatic rings. The maximum absolute atomic E-state index is 6.12. The first kappa shape index (κ1) is 13.2. The summed E-state index contributed by atoms with van der Waals surface area (Å²) < 4.78 is 5.45. The largest absolute Gasteiger partial charge is 0.496 e. The number of hydrogen-bond acceptors (Lipinski definition) is 3. The molecule has 2 rings (SSSR count). The van der Waals surface area contributed by atoms with E-state index in [0.717, 1.165) is 36.2 Å². The van der Waals surface area contributed by atoms with Crippen molar-refractivity contribution >= 4 is 5.69 Å². The molecule has 1 aromatic rings. The van der Waals surface area contributed by atoms with Crippen LogP contribution in [0.1, 0.15) is 32.4 Å². The molecule has 0 amide bonds. The Kier molecular flexibility index (Phi) is 3.81. The van der Waals surface area contributed by atoms with Crippen molar-refractivity contribution in [1.82, 2.24) is 0 Å². The predicted molar refractivity (Wildman–Crippen MR) is 76.1 cm³/mol. The summed E-state index contributed by atoms with van der Waals surface area (Å²) in [4.78, 5) is 2.44. The fraction of sp³-hybridized carbons (Fsp3) is 0.600. The van der Waals surface area contributed by atoms with Gasteiger partial charge in [-0.05, 0) is 30.9 Å².